The van der Waals surface area contributed by atoms with Gasteiger partial charge in [-0.2, -0.15) is 0 Å². The van der Waals surface area contributed by atoms with Crippen LogP contribution in [-0.2, 0) is 5.41 Å². The van der Waals surface area contributed by atoms with Crippen LogP contribution < -0.4 is 0 Å². The van der Waals surface area contributed by atoms with Gasteiger partial charge in [0.05, 0.1) is 11.2 Å². The van der Waals surface area contributed by atoms with Gasteiger partial charge in [0.1, 0.15) is 0 Å². The Kier molecular flexibility index (Phi) is 2.96. The van der Waals surface area contributed by atoms with E-state index in [-0.39, 0.29) is 5.41 Å². The van der Waals surface area contributed by atoms with Gasteiger partial charge in [0.2, 0.25) is 0 Å². The molecule has 0 atom stereocenters. The lowest BCUT2D eigenvalue weighted by Crippen LogP contribution is -2.10. The lowest BCUT2D eigenvalue weighted by molar-refractivity contribution is 0.590. The lowest BCUT2D eigenvalue weighted by Gasteiger charge is -2.20. The summed E-state index contributed by atoms with van der Waals surface area (Å²) in [5.74, 6) is 0. The van der Waals surface area contributed by atoms with E-state index < -0.39 is 0 Å². The predicted molar refractivity (Wildman–Crippen MR) is 99.5 cm³/mol. The summed E-state index contributed by atoms with van der Waals surface area (Å²) in [6, 6.07) is 15.2. The fourth-order valence-electron chi connectivity index (χ4n) is 3.40. The normalized spacial score (nSPS) is 13.0. The van der Waals surface area contributed by atoms with Crippen LogP contribution in [0.2, 0.25) is 0 Å². The molecule has 1 nitrogen and oxygen atoms in total. The van der Waals surface area contributed by atoms with Crippen LogP contribution in [-0.4, -0.2) is 4.98 Å². The number of hydrogen-bond acceptors (Lipinski definition) is 1. The zero-order valence-electron chi connectivity index (χ0n) is 14.1. The largest absolute Gasteiger partial charge is 0.247 e. The molecule has 0 spiro atoms. The summed E-state index contributed by atoms with van der Waals surface area (Å²) >= 11 is 0. The van der Waals surface area contributed by atoms with Crippen molar-refractivity contribution in [2.45, 2.75) is 33.1 Å². The highest BCUT2D eigenvalue weighted by Crippen LogP contribution is 2.37. The number of hydrogen-bond donors (Lipinski definition) is 0. The Balaban J connectivity index is 1.98. The molecule has 0 bridgehead atoms. The van der Waals surface area contributed by atoms with Gasteiger partial charge in [0.15, 0.2) is 0 Å². The van der Waals surface area contributed by atoms with Crippen LogP contribution in [0, 0.1) is 6.92 Å². The molecule has 0 N–H and O–H groups in total. The van der Waals surface area contributed by atoms with E-state index >= 15 is 0 Å². The zero-order valence-corrected chi connectivity index (χ0v) is 14.1. The van der Waals surface area contributed by atoms with Crippen molar-refractivity contribution in [1.29, 1.82) is 0 Å². The SMILES string of the molecule is Cc1c(-c2cccc(C(C)(C)C)c2)nc2cccc3c2c1C=C3. The molecule has 2 aromatic carbocycles. The maximum atomic E-state index is 4.99. The average molecular weight is 299 g/mol. The number of benzene rings is 2. The van der Waals surface area contributed by atoms with Crippen molar-refractivity contribution >= 4 is 23.1 Å². The standard InChI is InChI=1S/C22H21N/c1-14-18-12-11-15-7-6-10-19(20(15)18)23-21(14)16-8-5-9-17(13-16)22(2,3)4/h5-13H,1-4H3. The molecular weight excluding hydrogens is 278 g/mol. The van der Waals surface area contributed by atoms with E-state index in [9.17, 15) is 0 Å². The van der Waals surface area contributed by atoms with Crippen LogP contribution in [0.4, 0.5) is 0 Å². The first-order valence-corrected chi connectivity index (χ1v) is 8.17. The van der Waals surface area contributed by atoms with Crippen molar-refractivity contribution in [2.75, 3.05) is 0 Å². The minimum atomic E-state index is 0.143. The van der Waals surface area contributed by atoms with E-state index in [4.69, 9.17) is 4.98 Å². The first kappa shape index (κ1) is 14.2. The second kappa shape index (κ2) is 4.79. The van der Waals surface area contributed by atoms with E-state index in [1.807, 2.05) is 0 Å². The Morgan fingerprint density at radius 3 is 2.48 bits per heavy atom. The molecule has 1 aliphatic rings. The zero-order chi connectivity index (χ0) is 16.2. The monoisotopic (exact) mass is 299 g/mol. The van der Waals surface area contributed by atoms with Crippen molar-refractivity contribution < 1.29 is 0 Å². The van der Waals surface area contributed by atoms with Gasteiger partial charge < -0.3 is 0 Å². The first-order chi connectivity index (χ1) is 10.9. The van der Waals surface area contributed by atoms with Crippen LogP contribution in [0.5, 0.6) is 0 Å². The summed E-state index contributed by atoms with van der Waals surface area (Å²) in [5.41, 5.74) is 8.75. The number of aromatic nitrogens is 1. The molecule has 0 fully saturated rings. The Bertz CT molecular complexity index is 956. The van der Waals surface area contributed by atoms with Crippen molar-refractivity contribution in [1.82, 2.24) is 4.98 Å². The molecule has 1 heteroatoms. The van der Waals surface area contributed by atoms with Gasteiger partial charge in [-0.15, -0.1) is 0 Å². The van der Waals surface area contributed by atoms with Crippen molar-refractivity contribution in [2.24, 2.45) is 0 Å². The molecule has 0 aliphatic heterocycles. The van der Waals surface area contributed by atoms with E-state index in [1.165, 1.54) is 33.2 Å². The number of rotatable bonds is 1. The molecule has 0 saturated heterocycles. The topological polar surface area (TPSA) is 12.9 Å². The molecule has 114 valence electrons. The maximum absolute atomic E-state index is 4.99. The van der Waals surface area contributed by atoms with E-state index in [1.54, 1.807) is 0 Å². The van der Waals surface area contributed by atoms with Crippen molar-refractivity contribution in [3.05, 3.63) is 64.7 Å². The Hall–Kier alpha value is -2.41. The highest BCUT2D eigenvalue weighted by atomic mass is 14.7. The van der Waals surface area contributed by atoms with Gasteiger partial charge in [-0.05, 0) is 46.7 Å². The van der Waals surface area contributed by atoms with Crippen molar-refractivity contribution in [3.63, 3.8) is 0 Å². The van der Waals surface area contributed by atoms with Gasteiger partial charge in [-0.1, -0.05) is 63.3 Å². The second-order valence-corrected chi connectivity index (χ2v) is 7.40. The molecule has 0 unspecified atom stereocenters. The molecule has 0 radical (unpaired) electrons. The van der Waals surface area contributed by atoms with Gasteiger partial charge in [0.25, 0.3) is 0 Å². The van der Waals surface area contributed by atoms with Gasteiger partial charge in [-0.25, -0.2) is 4.98 Å². The maximum Gasteiger partial charge on any atom is 0.0744 e. The fourth-order valence-corrected chi connectivity index (χ4v) is 3.40. The third-order valence-corrected chi connectivity index (χ3v) is 4.77. The summed E-state index contributed by atoms with van der Waals surface area (Å²) in [7, 11) is 0. The minimum Gasteiger partial charge on any atom is -0.247 e. The molecule has 1 aromatic heterocycles. The highest BCUT2D eigenvalue weighted by molar-refractivity contribution is 6.05. The minimum absolute atomic E-state index is 0.143. The first-order valence-electron chi connectivity index (χ1n) is 8.17. The van der Waals surface area contributed by atoms with Gasteiger partial charge in [-0.3, -0.25) is 0 Å². The van der Waals surface area contributed by atoms with E-state index in [0.717, 1.165) is 11.2 Å². The summed E-state index contributed by atoms with van der Waals surface area (Å²) in [5, 5.41) is 1.29. The molecule has 1 heterocycles. The summed E-state index contributed by atoms with van der Waals surface area (Å²) in [6.45, 7) is 8.94. The third kappa shape index (κ3) is 2.19. The molecule has 1 aliphatic carbocycles. The summed E-state index contributed by atoms with van der Waals surface area (Å²) in [6.07, 6.45) is 4.42. The Morgan fingerprint density at radius 1 is 0.913 bits per heavy atom. The van der Waals surface area contributed by atoms with Gasteiger partial charge in [0, 0.05) is 10.9 Å². The van der Waals surface area contributed by atoms with E-state index in [0.29, 0.717) is 0 Å². The van der Waals surface area contributed by atoms with Crippen LogP contribution in [0.25, 0.3) is 34.3 Å². The van der Waals surface area contributed by atoms with Crippen LogP contribution >= 0.6 is 0 Å². The second-order valence-electron chi connectivity index (χ2n) is 7.40. The molecular formula is C22H21N. The quantitative estimate of drug-likeness (QED) is 0.420. The summed E-state index contributed by atoms with van der Waals surface area (Å²) < 4.78 is 0. The van der Waals surface area contributed by atoms with Gasteiger partial charge >= 0.3 is 0 Å². The predicted octanol–water partition coefficient (Wildman–Crippen LogP) is 5.99. The molecule has 0 saturated carbocycles. The van der Waals surface area contributed by atoms with Crippen LogP contribution in [0.3, 0.4) is 0 Å². The smallest absolute Gasteiger partial charge is 0.0744 e. The van der Waals surface area contributed by atoms with Crippen molar-refractivity contribution in [3.8, 4) is 11.3 Å². The molecule has 3 aromatic rings. The molecule has 0 amide bonds. The van der Waals surface area contributed by atoms with Crippen LogP contribution in [0.1, 0.15) is 43.0 Å². The Morgan fingerprint density at radius 2 is 1.70 bits per heavy atom. The van der Waals surface area contributed by atoms with Crippen LogP contribution in [0.15, 0.2) is 42.5 Å². The fraction of sp³-hybridized carbons (Fsp3) is 0.227. The third-order valence-electron chi connectivity index (χ3n) is 4.77. The Labute approximate surface area is 137 Å². The lowest BCUT2D eigenvalue weighted by atomic mass is 9.85. The van der Waals surface area contributed by atoms with E-state index in [2.05, 4.69) is 82.3 Å². The summed E-state index contributed by atoms with van der Waals surface area (Å²) in [4.78, 5) is 4.99. The average Bonchev–Trinajstić information content (AvgIpc) is 2.96. The molecule has 23 heavy (non-hydrogen) atoms. The number of nitrogens with zero attached hydrogens (tertiary/aromatic N) is 1. The molecule has 4 rings (SSSR count). The highest BCUT2D eigenvalue weighted by Gasteiger charge is 2.18. The number of pyridine rings is 1.